The first-order valence-electron chi connectivity index (χ1n) is 5.70. The summed E-state index contributed by atoms with van der Waals surface area (Å²) in [5.74, 6) is 5.40. The smallest absolute Gasteiger partial charge is 0.286 e. The zero-order chi connectivity index (χ0) is 13.2. The van der Waals surface area contributed by atoms with Crippen LogP contribution >= 0.6 is 11.6 Å². The maximum Gasteiger partial charge on any atom is 0.286 e. The second-order valence-electron chi connectivity index (χ2n) is 4.38. The first-order chi connectivity index (χ1) is 8.52. The molecule has 0 saturated heterocycles. The predicted molar refractivity (Wildman–Crippen MR) is 68.4 cm³/mol. The standard InChI is InChI=1S/C13H12ClNO3/c14-11-4-3-5-12(15(17)18)10(11)6-9-13(16)7-1-2-8-13/h3-5,16H,1-2,7-8H2. The number of halogens is 1. The van der Waals surface area contributed by atoms with E-state index in [2.05, 4.69) is 11.8 Å². The Bertz CT molecular complexity index is 539. The van der Waals surface area contributed by atoms with E-state index in [1.165, 1.54) is 12.1 Å². The number of hydrogen-bond acceptors (Lipinski definition) is 3. The molecule has 4 nitrogen and oxygen atoms in total. The van der Waals surface area contributed by atoms with Gasteiger partial charge in [-0.2, -0.15) is 0 Å². The minimum Gasteiger partial charge on any atom is -0.378 e. The van der Waals surface area contributed by atoms with Crippen LogP contribution in [0.4, 0.5) is 5.69 Å². The number of benzene rings is 1. The number of hydrogen-bond donors (Lipinski definition) is 1. The third-order valence-corrected chi connectivity index (χ3v) is 3.35. The van der Waals surface area contributed by atoms with Gasteiger partial charge in [-0.05, 0) is 31.7 Å². The molecule has 1 aliphatic carbocycles. The lowest BCUT2D eigenvalue weighted by molar-refractivity contribution is -0.385. The molecule has 0 amide bonds. The Morgan fingerprint density at radius 1 is 1.39 bits per heavy atom. The first-order valence-corrected chi connectivity index (χ1v) is 6.08. The lowest BCUT2D eigenvalue weighted by Gasteiger charge is -2.12. The second kappa shape index (κ2) is 4.97. The summed E-state index contributed by atoms with van der Waals surface area (Å²) in [5.41, 5.74) is -0.978. The molecule has 1 aromatic carbocycles. The molecule has 2 rings (SSSR count). The SMILES string of the molecule is O=[N+]([O-])c1cccc(Cl)c1C#CC1(O)CCCC1. The maximum atomic E-state index is 10.9. The van der Waals surface area contributed by atoms with Gasteiger partial charge in [0.25, 0.3) is 5.69 Å². The van der Waals surface area contributed by atoms with E-state index in [1.54, 1.807) is 6.07 Å². The molecule has 1 saturated carbocycles. The van der Waals surface area contributed by atoms with Gasteiger partial charge in [0, 0.05) is 6.07 Å². The molecule has 1 N–H and O–H groups in total. The van der Waals surface area contributed by atoms with E-state index in [9.17, 15) is 15.2 Å². The molecule has 1 aromatic rings. The van der Waals surface area contributed by atoms with Gasteiger partial charge in [0.1, 0.15) is 11.2 Å². The van der Waals surface area contributed by atoms with Gasteiger partial charge in [-0.15, -0.1) is 0 Å². The fraction of sp³-hybridized carbons (Fsp3) is 0.385. The highest BCUT2D eigenvalue weighted by molar-refractivity contribution is 6.32. The summed E-state index contributed by atoms with van der Waals surface area (Å²) in [5, 5.41) is 21.2. The zero-order valence-electron chi connectivity index (χ0n) is 9.65. The quantitative estimate of drug-likeness (QED) is 0.482. The molecule has 5 heteroatoms. The Balaban J connectivity index is 2.40. The molecular weight excluding hydrogens is 254 g/mol. The van der Waals surface area contributed by atoms with Gasteiger partial charge in [-0.25, -0.2) is 0 Å². The van der Waals surface area contributed by atoms with E-state index in [-0.39, 0.29) is 16.3 Å². The highest BCUT2D eigenvalue weighted by Gasteiger charge is 2.29. The second-order valence-corrected chi connectivity index (χ2v) is 4.79. The van der Waals surface area contributed by atoms with Crippen LogP contribution in [0.3, 0.4) is 0 Å². The molecule has 1 fully saturated rings. The van der Waals surface area contributed by atoms with Gasteiger partial charge in [0.2, 0.25) is 0 Å². The van der Waals surface area contributed by atoms with Crippen molar-refractivity contribution < 1.29 is 10.0 Å². The van der Waals surface area contributed by atoms with Crippen molar-refractivity contribution in [2.75, 3.05) is 0 Å². The molecule has 0 unspecified atom stereocenters. The topological polar surface area (TPSA) is 63.4 Å². The average molecular weight is 266 g/mol. The van der Waals surface area contributed by atoms with Crippen LogP contribution in [-0.4, -0.2) is 15.6 Å². The normalized spacial score (nSPS) is 17.0. The molecule has 94 valence electrons. The highest BCUT2D eigenvalue weighted by atomic mass is 35.5. The molecule has 0 heterocycles. The van der Waals surface area contributed by atoms with Crippen molar-refractivity contribution in [3.05, 3.63) is 38.9 Å². The van der Waals surface area contributed by atoms with Gasteiger partial charge in [-0.3, -0.25) is 10.1 Å². The van der Waals surface area contributed by atoms with Crippen LogP contribution in [0.25, 0.3) is 0 Å². The maximum absolute atomic E-state index is 10.9. The van der Waals surface area contributed by atoms with Crippen LogP contribution in [0.2, 0.25) is 5.02 Å². The minimum atomic E-state index is -1.02. The molecule has 0 aliphatic heterocycles. The molecule has 0 radical (unpaired) electrons. The predicted octanol–water partition coefficient (Wildman–Crippen LogP) is 2.90. The van der Waals surface area contributed by atoms with Gasteiger partial charge < -0.3 is 5.11 Å². The number of nitro benzene ring substituents is 1. The molecular formula is C13H12ClNO3. The van der Waals surface area contributed by atoms with E-state index in [1.807, 2.05) is 0 Å². The average Bonchev–Trinajstić information content (AvgIpc) is 2.74. The van der Waals surface area contributed by atoms with Crippen molar-refractivity contribution in [2.45, 2.75) is 31.3 Å². The van der Waals surface area contributed by atoms with Crippen molar-refractivity contribution >= 4 is 17.3 Å². The van der Waals surface area contributed by atoms with Gasteiger partial charge in [-0.1, -0.05) is 29.5 Å². The van der Waals surface area contributed by atoms with E-state index in [0.29, 0.717) is 12.8 Å². The molecule has 0 spiro atoms. The van der Waals surface area contributed by atoms with Crippen molar-refractivity contribution in [3.63, 3.8) is 0 Å². The fourth-order valence-electron chi connectivity index (χ4n) is 2.05. The molecule has 0 bridgehead atoms. The van der Waals surface area contributed by atoms with Gasteiger partial charge in [0.15, 0.2) is 0 Å². The Morgan fingerprint density at radius 3 is 2.67 bits per heavy atom. The summed E-state index contributed by atoms with van der Waals surface area (Å²) < 4.78 is 0. The van der Waals surface area contributed by atoms with Crippen molar-refractivity contribution in [1.82, 2.24) is 0 Å². The van der Waals surface area contributed by atoms with Crippen LogP contribution in [0.5, 0.6) is 0 Å². The first kappa shape index (κ1) is 12.9. The third kappa shape index (κ3) is 2.63. The van der Waals surface area contributed by atoms with Crippen LogP contribution in [0.15, 0.2) is 18.2 Å². The van der Waals surface area contributed by atoms with E-state index >= 15 is 0 Å². The summed E-state index contributed by atoms with van der Waals surface area (Å²) >= 11 is 5.92. The molecule has 1 aliphatic rings. The zero-order valence-corrected chi connectivity index (χ0v) is 10.4. The highest BCUT2D eigenvalue weighted by Crippen LogP contribution is 2.30. The summed E-state index contributed by atoms with van der Waals surface area (Å²) in [6.45, 7) is 0. The third-order valence-electron chi connectivity index (χ3n) is 3.04. The Hall–Kier alpha value is -1.57. The van der Waals surface area contributed by atoms with E-state index in [0.717, 1.165) is 12.8 Å². The van der Waals surface area contributed by atoms with Crippen LogP contribution in [0.1, 0.15) is 31.2 Å². The monoisotopic (exact) mass is 265 g/mol. The van der Waals surface area contributed by atoms with Crippen molar-refractivity contribution in [2.24, 2.45) is 0 Å². The summed E-state index contributed by atoms with van der Waals surface area (Å²) in [6.07, 6.45) is 3.07. The van der Waals surface area contributed by atoms with E-state index in [4.69, 9.17) is 11.6 Å². The van der Waals surface area contributed by atoms with Crippen molar-refractivity contribution in [1.29, 1.82) is 0 Å². The Morgan fingerprint density at radius 2 is 2.06 bits per heavy atom. The Kier molecular flexibility index (Phi) is 3.55. The van der Waals surface area contributed by atoms with Crippen molar-refractivity contribution in [3.8, 4) is 11.8 Å². The number of nitro groups is 1. The number of rotatable bonds is 1. The van der Waals surface area contributed by atoms with E-state index < -0.39 is 10.5 Å². The van der Waals surface area contributed by atoms with Gasteiger partial charge >= 0.3 is 0 Å². The van der Waals surface area contributed by atoms with Crippen LogP contribution in [0, 0.1) is 22.0 Å². The van der Waals surface area contributed by atoms with Crippen LogP contribution < -0.4 is 0 Å². The Labute approximate surface area is 110 Å². The number of aliphatic hydroxyl groups is 1. The molecule has 18 heavy (non-hydrogen) atoms. The summed E-state index contributed by atoms with van der Waals surface area (Å²) in [4.78, 5) is 10.3. The lowest BCUT2D eigenvalue weighted by Crippen LogP contribution is -2.20. The summed E-state index contributed by atoms with van der Waals surface area (Å²) in [7, 11) is 0. The van der Waals surface area contributed by atoms with Gasteiger partial charge in [0.05, 0.1) is 9.95 Å². The molecule has 0 aromatic heterocycles. The molecule has 0 atom stereocenters. The van der Waals surface area contributed by atoms with Crippen LogP contribution in [-0.2, 0) is 0 Å². The minimum absolute atomic E-state index is 0.128. The number of nitrogens with zero attached hydrogens (tertiary/aromatic N) is 1. The lowest BCUT2D eigenvalue weighted by atomic mass is 10.0. The fourth-order valence-corrected chi connectivity index (χ4v) is 2.27. The summed E-state index contributed by atoms with van der Waals surface area (Å²) in [6, 6.07) is 4.42. The largest absolute Gasteiger partial charge is 0.378 e.